The summed E-state index contributed by atoms with van der Waals surface area (Å²) in [5.74, 6) is 3.48. The van der Waals surface area contributed by atoms with E-state index in [0.717, 1.165) is 43.9 Å². The van der Waals surface area contributed by atoms with Gasteiger partial charge >= 0.3 is 6.18 Å². The molecule has 32 heavy (non-hydrogen) atoms. The third kappa shape index (κ3) is 4.06. The first-order valence-electron chi connectivity index (χ1n) is 13.3. The minimum absolute atomic E-state index is 0.173. The Morgan fingerprint density at radius 3 is 2.25 bits per heavy atom. The maximum Gasteiger partial charge on any atom is 0.414 e. The van der Waals surface area contributed by atoms with Gasteiger partial charge in [0.25, 0.3) is 0 Å². The van der Waals surface area contributed by atoms with Gasteiger partial charge in [-0.05, 0) is 123 Å². The fourth-order valence-electron chi connectivity index (χ4n) is 9.40. The van der Waals surface area contributed by atoms with Gasteiger partial charge in [-0.15, -0.1) is 0 Å². The molecular formula is C27H45F3O2. The molecule has 5 heteroatoms. The van der Waals surface area contributed by atoms with Gasteiger partial charge < -0.3 is 10.2 Å². The highest BCUT2D eigenvalue weighted by Crippen LogP contribution is 2.69. The summed E-state index contributed by atoms with van der Waals surface area (Å²) >= 11 is 0. The van der Waals surface area contributed by atoms with Gasteiger partial charge in [0.15, 0.2) is 0 Å². The summed E-state index contributed by atoms with van der Waals surface area (Å²) in [5.41, 5.74) is 0.104. The number of fused-ring (bicyclic) bond motifs is 5. The standard InChI is InChI=1S/C27H45F3O2/c1-5-26(32)15-14-24(3)18(16-26)7-8-19-21-10-9-20(25(21,4)13-12-22(19)24)17(2)6-11-23(31)27(28,29)30/h17-23,31-32H,5-16H2,1-4H3/t17-,18+,19?,20-,21+,22+,23-,24+,25-,26+/m1/s1. The molecule has 186 valence electrons. The molecular weight excluding hydrogens is 413 g/mol. The summed E-state index contributed by atoms with van der Waals surface area (Å²) in [6.07, 6.45) is 4.76. The summed E-state index contributed by atoms with van der Waals surface area (Å²) < 4.78 is 38.3. The van der Waals surface area contributed by atoms with Crippen LogP contribution in [-0.4, -0.2) is 28.1 Å². The molecule has 0 aromatic carbocycles. The zero-order valence-corrected chi connectivity index (χ0v) is 20.6. The molecule has 4 aliphatic carbocycles. The maximum absolute atomic E-state index is 12.8. The van der Waals surface area contributed by atoms with Gasteiger partial charge in [-0.3, -0.25) is 0 Å². The number of halogens is 3. The summed E-state index contributed by atoms with van der Waals surface area (Å²) in [5, 5.41) is 20.4. The second-order valence-electron chi connectivity index (χ2n) is 12.8. The van der Waals surface area contributed by atoms with Crippen LogP contribution in [0.4, 0.5) is 13.2 Å². The van der Waals surface area contributed by atoms with Crippen molar-refractivity contribution in [2.45, 2.75) is 123 Å². The number of hydrogen-bond acceptors (Lipinski definition) is 2. The van der Waals surface area contributed by atoms with Crippen LogP contribution < -0.4 is 0 Å². The average Bonchev–Trinajstić information content (AvgIpc) is 3.09. The summed E-state index contributed by atoms with van der Waals surface area (Å²) in [6.45, 7) is 9.19. The predicted molar refractivity (Wildman–Crippen MR) is 121 cm³/mol. The van der Waals surface area contributed by atoms with Crippen LogP contribution in [0.3, 0.4) is 0 Å². The fraction of sp³-hybridized carbons (Fsp3) is 1.00. The van der Waals surface area contributed by atoms with E-state index in [9.17, 15) is 23.4 Å². The highest BCUT2D eigenvalue weighted by atomic mass is 19.4. The van der Waals surface area contributed by atoms with Crippen LogP contribution in [0.1, 0.15) is 105 Å². The Morgan fingerprint density at radius 1 is 0.906 bits per heavy atom. The highest BCUT2D eigenvalue weighted by molar-refractivity contribution is 5.10. The van der Waals surface area contributed by atoms with Crippen molar-refractivity contribution in [3.8, 4) is 0 Å². The Morgan fingerprint density at radius 2 is 1.59 bits per heavy atom. The zero-order valence-electron chi connectivity index (χ0n) is 20.6. The lowest BCUT2D eigenvalue weighted by atomic mass is 9.43. The van der Waals surface area contributed by atoms with Gasteiger partial charge in [-0.2, -0.15) is 13.2 Å². The third-order valence-corrected chi connectivity index (χ3v) is 11.5. The Labute approximate surface area is 192 Å². The van der Waals surface area contributed by atoms with E-state index < -0.39 is 17.9 Å². The van der Waals surface area contributed by atoms with Crippen LogP contribution in [0.2, 0.25) is 0 Å². The summed E-state index contributed by atoms with van der Waals surface area (Å²) in [4.78, 5) is 0. The normalized spacial score (nSPS) is 48.5. The molecule has 0 saturated heterocycles. The molecule has 0 bridgehead atoms. The molecule has 10 atom stereocenters. The van der Waals surface area contributed by atoms with Crippen molar-refractivity contribution in [1.82, 2.24) is 0 Å². The van der Waals surface area contributed by atoms with Crippen LogP contribution in [0.15, 0.2) is 0 Å². The SMILES string of the molecule is CC[C@]1(O)CC[C@@]2(C)[C@@H](CCC3[C@@H]2CC[C@]2(C)[C@@H]([C@H](C)CC[C@@H](O)C(F)(F)F)CC[C@@H]32)C1. The molecule has 0 aliphatic heterocycles. The van der Waals surface area contributed by atoms with Crippen LogP contribution in [-0.2, 0) is 0 Å². The van der Waals surface area contributed by atoms with Gasteiger partial charge in [-0.1, -0.05) is 27.7 Å². The molecule has 4 fully saturated rings. The van der Waals surface area contributed by atoms with E-state index in [-0.39, 0.29) is 17.8 Å². The van der Waals surface area contributed by atoms with Crippen LogP contribution in [0.25, 0.3) is 0 Å². The highest BCUT2D eigenvalue weighted by Gasteiger charge is 2.61. The molecule has 0 amide bonds. The van der Waals surface area contributed by atoms with E-state index in [0.29, 0.717) is 29.6 Å². The minimum Gasteiger partial charge on any atom is -0.390 e. The quantitative estimate of drug-likeness (QED) is 0.460. The molecule has 2 N–H and O–H groups in total. The van der Waals surface area contributed by atoms with E-state index in [1.807, 2.05) is 0 Å². The first-order chi connectivity index (χ1) is 14.8. The van der Waals surface area contributed by atoms with Crippen molar-refractivity contribution >= 4 is 0 Å². The predicted octanol–water partition coefficient (Wildman–Crippen LogP) is 7.13. The van der Waals surface area contributed by atoms with Gasteiger partial charge in [0.1, 0.15) is 6.10 Å². The average molecular weight is 459 g/mol. The van der Waals surface area contributed by atoms with Crippen molar-refractivity contribution in [3.63, 3.8) is 0 Å². The monoisotopic (exact) mass is 458 g/mol. The van der Waals surface area contributed by atoms with E-state index in [4.69, 9.17) is 0 Å². The Hall–Kier alpha value is -0.290. The summed E-state index contributed by atoms with van der Waals surface area (Å²) in [7, 11) is 0. The van der Waals surface area contributed by atoms with E-state index in [1.54, 1.807) is 0 Å². The van der Waals surface area contributed by atoms with E-state index in [1.165, 1.54) is 32.1 Å². The van der Waals surface area contributed by atoms with Crippen LogP contribution in [0.5, 0.6) is 0 Å². The Balaban J connectivity index is 1.45. The van der Waals surface area contributed by atoms with Crippen molar-refractivity contribution in [2.75, 3.05) is 0 Å². The molecule has 0 radical (unpaired) electrons. The second-order valence-corrected chi connectivity index (χ2v) is 12.8. The number of rotatable bonds is 5. The largest absolute Gasteiger partial charge is 0.414 e. The van der Waals surface area contributed by atoms with Crippen molar-refractivity contribution < 1.29 is 23.4 Å². The number of aliphatic hydroxyl groups excluding tert-OH is 1. The van der Waals surface area contributed by atoms with E-state index >= 15 is 0 Å². The maximum atomic E-state index is 12.8. The Bertz CT molecular complexity index is 680. The van der Waals surface area contributed by atoms with Crippen molar-refractivity contribution in [2.24, 2.45) is 46.3 Å². The first-order valence-corrected chi connectivity index (χ1v) is 13.3. The summed E-state index contributed by atoms with van der Waals surface area (Å²) in [6, 6.07) is 0. The zero-order chi connectivity index (χ0) is 23.5. The molecule has 0 heterocycles. The van der Waals surface area contributed by atoms with Crippen molar-refractivity contribution in [3.05, 3.63) is 0 Å². The lowest BCUT2D eigenvalue weighted by molar-refractivity contribution is -0.206. The van der Waals surface area contributed by atoms with E-state index in [2.05, 4.69) is 27.7 Å². The lowest BCUT2D eigenvalue weighted by Crippen LogP contribution is -2.56. The van der Waals surface area contributed by atoms with Gasteiger partial charge in [-0.25, -0.2) is 0 Å². The third-order valence-electron chi connectivity index (χ3n) is 11.5. The molecule has 4 saturated carbocycles. The molecule has 4 aliphatic rings. The lowest BCUT2D eigenvalue weighted by Gasteiger charge is -2.62. The van der Waals surface area contributed by atoms with Crippen molar-refractivity contribution in [1.29, 1.82) is 0 Å². The van der Waals surface area contributed by atoms with Gasteiger partial charge in [0, 0.05) is 0 Å². The first kappa shape index (κ1) is 24.8. The topological polar surface area (TPSA) is 40.5 Å². The van der Waals surface area contributed by atoms with Crippen LogP contribution >= 0.6 is 0 Å². The number of aliphatic hydroxyl groups is 2. The fourth-order valence-corrected chi connectivity index (χ4v) is 9.40. The minimum atomic E-state index is -4.50. The molecule has 0 aromatic heterocycles. The Kier molecular flexibility index (Phi) is 6.54. The second kappa shape index (κ2) is 8.43. The molecule has 0 spiro atoms. The van der Waals surface area contributed by atoms with Crippen LogP contribution in [0, 0.1) is 46.3 Å². The smallest absolute Gasteiger partial charge is 0.390 e. The molecule has 2 nitrogen and oxygen atoms in total. The molecule has 0 aromatic rings. The number of hydrogen-bond donors (Lipinski definition) is 2. The van der Waals surface area contributed by atoms with Gasteiger partial charge in [0.2, 0.25) is 0 Å². The molecule has 4 rings (SSSR count). The molecule has 1 unspecified atom stereocenters. The number of alkyl halides is 3. The van der Waals surface area contributed by atoms with Gasteiger partial charge in [0.05, 0.1) is 5.60 Å².